The Morgan fingerprint density at radius 2 is 1.94 bits per heavy atom. The van der Waals surface area contributed by atoms with Gasteiger partial charge in [0, 0.05) is 5.56 Å². The van der Waals surface area contributed by atoms with E-state index in [4.69, 9.17) is 10.3 Å². The second kappa shape index (κ2) is 5.06. The minimum absolute atomic E-state index is 0.241. The molecule has 4 nitrogen and oxygen atoms in total. The number of carbonyl (C=O) groups is 1. The lowest BCUT2D eigenvalue weighted by atomic mass is 9.93. The molecule has 0 atom stereocenters. The Morgan fingerprint density at radius 1 is 1.22 bits per heavy atom. The first kappa shape index (κ1) is 12.4. The van der Waals surface area contributed by atoms with Gasteiger partial charge in [0.25, 0.3) is 0 Å². The zero-order valence-corrected chi connectivity index (χ0v) is 10.4. The van der Waals surface area contributed by atoms with Crippen molar-refractivity contribution in [2.24, 2.45) is 5.84 Å². The highest BCUT2D eigenvalue weighted by Gasteiger charge is 2.18. The van der Waals surface area contributed by atoms with Gasteiger partial charge in [-0.25, -0.2) is 5.84 Å². The summed E-state index contributed by atoms with van der Waals surface area (Å²) in [4.78, 5) is 11.6. The molecule has 2 rings (SSSR count). The summed E-state index contributed by atoms with van der Waals surface area (Å²) >= 11 is 0. The first-order valence-electron chi connectivity index (χ1n) is 5.83. The van der Waals surface area contributed by atoms with E-state index in [0.29, 0.717) is 5.92 Å². The third-order valence-electron chi connectivity index (χ3n) is 2.88. The third kappa shape index (κ3) is 2.15. The third-order valence-corrected chi connectivity index (χ3v) is 2.88. The number of amides is 1. The summed E-state index contributed by atoms with van der Waals surface area (Å²) in [5.74, 6) is 5.33. The second-order valence-electron chi connectivity index (χ2n) is 4.38. The van der Waals surface area contributed by atoms with Crippen LogP contribution in [0.1, 0.15) is 35.9 Å². The standard InChI is InChI=1S/C14H16N2O2/c1-9(2)10-5-3-4-6-11(10)12-7-8-18-13(12)14(17)16-15/h3-9H,15H2,1-2H3,(H,16,17). The van der Waals surface area contributed by atoms with Crippen molar-refractivity contribution in [2.45, 2.75) is 19.8 Å². The number of hydrazine groups is 1. The van der Waals surface area contributed by atoms with E-state index in [1.165, 1.54) is 11.8 Å². The lowest BCUT2D eigenvalue weighted by molar-refractivity contribution is 0.0927. The number of benzene rings is 1. The van der Waals surface area contributed by atoms with Crippen molar-refractivity contribution in [1.82, 2.24) is 5.43 Å². The van der Waals surface area contributed by atoms with Crippen LogP contribution in [0, 0.1) is 0 Å². The quantitative estimate of drug-likeness (QED) is 0.495. The fourth-order valence-corrected chi connectivity index (χ4v) is 2.01. The molecular weight excluding hydrogens is 228 g/mol. The molecule has 0 spiro atoms. The van der Waals surface area contributed by atoms with Gasteiger partial charge in [0.2, 0.25) is 0 Å². The van der Waals surface area contributed by atoms with E-state index in [0.717, 1.165) is 11.1 Å². The van der Waals surface area contributed by atoms with E-state index in [-0.39, 0.29) is 5.76 Å². The lowest BCUT2D eigenvalue weighted by Crippen LogP contribution is -2.30. The number of rotatable bonds is 3. The molecule has 1 heterocycles. The minimum atomic E-state index is -0.423. The molecular formula is C14H16N2O2. The van der Waals surface area contributed by atoms with Crippen LogP contribution in [0.25, 0.3) is 11.1 Å². The van der Waals surface area contributed by atoms with E-state index in [1.807, 2.05) is 18.2 Å². The normalized spacial score (nSPS) is 10.7. The number of carbonyl (C=O) groups excluding carboxylic acids is 1. The van der Waals surface area contributed by atoms with Gasteiger partial charge in [-0.15, -0.1) is 0 Å². The first-order valence-corrected chi connectivity index (χ1v) is 5.83. The smallest absolute Gasteiger partial charge is 0.301 e. The molecule has 1 amide bonds. The van der Waals surface area contributed by atoms with Gasteiger partial charge in [-0.2, -0.15) is 0 Å². The molecule has 2 aromatic rings. The van der Waals surface area contributed by atoms with Crippen molar-refractivity contribution >= 4 is 5.91 Å². The molecule has 0 aliphatic carbocycles. The summed E-state index contributed by atoms with van der Waals surface area (Å²) in [5, 5.41) is 0. The summed E-state index contributed by atoms with van der Waals surface area (Å²) in [6, 6.07) is 9.75. The predicted octanol–water partition coefficient (Wildman–Crippen LogP) is 2.67. The van der Waals surface area contributed by atoms with Crippen LogP contribution < -0.4 is 11.3 Å². The monoisotopic (exact) mass is 244 g/mol. The molecule has 4 heteroatoms. The van der Waals surface area contributed by atoms with Crippen LogP contribution in [0.5, 0.6) is 0 Å². The predicted molar refractivity (Wildman–Crippen MR) is 69.9 cm³/mol. The first-order chi connectivity index (χ1) is 8.65. The Balaban J connectivity index is 2.56. The van der Waals surface area contributed by atoms with Gasteiger partial charge < -0.3 is 4.42 Å². The average Bonchev–Trinajstić information content (AvgIpc) is 2.86. The molecule has 94 valence electrons. The van der Waals surface area contributed by atoms with Crippen LogP contribution in [0.4, 0.5) is 0 Å². The molecule has 0 saturated heterocycles. The SMILES string of the molecule is CC(C)c1ccccc1-c1ccoc1C(=O)NN. The maximum atomic E-state index is 11.6. The van der Waals surface area contributed by atoms with Crippen LogP contribution in [-0.2, 0) is 0 Å². The van der Waals surface area contributed by atoms with E-state index in [9.17, 15) is 4.79 Å². The van der Waals surface area contributed by atoms with Crippen molar-refractivity contribution in [3.05, 3.63) is 47.9 Å². The van der Waals surface area contributed by atoms with Gasteiger partial charge in [-0.05, 0) is 23.1 Å². The van der Waals surface area contributed by atoms with Gasteiger partial charge in [0.15, 0.2) is 5.76 Å². The highest BCUT2D eigenvalue weighted by Crippen LogP contribution is 2.31. The summed E-state index contributed by atoms with van der Waals surface area (Å²) in [6.07, 6.45) is 1.50. The topological polar surface area (TPSA) is 68.3 Å². The molecule has 3 N–H and O–H groups in total. The Hall–Kier alpha value is -2.07. The van der Waals surface area contributed by atoms with Gasteiger partial charge >= 0.3 is 5.91 Å². The van der Waals surface area contributed by atoms with Gasteiger partial charge in [-0.3, -0.25) is 10.2 Å². The number of nitrogens with one attached hydrogen (secondary N) is 1. The van der Waals surface area contributed by atoms with Gasteiger partial charge in [-0.1, -0.05) is 38.1 Å². The molecule has 0 unspecified atom stereocenters. The lowest BCUT2D eigenvalue weighted by Gasteiger charge is -2.12. The van der Waals surface area contributed by atoms with Crippen LogP contribution >= 0.6 is 0 Å². The van der Waals surface area contributed by atoms with Crippen LogP contribution in [0.15, 0.2) is 41.0 Å². The fourth-order valence-electron chi connectivity index (χ4n) is 2.01. The number of furan rings is 1. The Kier molecular flexibility index (Phi) is 3.48. The summed E-state index contributed by atoms with van der Waals surface area (Å²) in [6.45, 7) is 4.23. The summed E-state index contributed by atoms with van der Waals surface area (Å²) < 4.78 is 5.21. The Labute approximate surface area is 106 Å². The zero-order chi connectivity index (χ0) is 13.1. The van der Waals surface area contributed by atoms with Crippen LogP contribution in [0.3, 0.4) is 0 Å². The van der Waals surface area contributed by atoms with Crippen molar-refractivity contribution in [1.29, 1.82) is 0 Å². The van der Waals surface area contributed by atoms with E-state index >= 15 is 0 Å². The number of hydrogen-bond acceptors (Lipinski definition) is 3. The van der Waals surface area contributed by atoms with Crippen molar-refractivity contribution in [2.75, 3.05) is 0 Å². The summed E-state index contributed by atoms with van der Waals surface area (Å²) in [5.41, 5.74) is 5.03. The van der Waals surface area contributed by atoms with Crippen LogP contribution in [-0.4, -0.2) is 5.91 Å². The molecule has 0 bridgehead atoms. The van der Waals surface area contributed by atoms with E-state index in [2.05, 4.69) is 25.3 Å². The minimum Gasteiger partial charge on any atom is -0.458 e. The highest BCUT2D eigenvalue weighted by molar-refractivity contribution is 5.98. The van der Waals surface area contributed by atoms with Crippen molar-refractivity contribution < 1.29 is 9.21 Å². The van der Waals surface area contributed by atoms with E-state index in [1.54, 1.807) is 6.07 Å². The van der Waals surface area contributed by atoms with Crippen molar-refractivity contribution in [3.8, 4) is 11.1 Å². The molecule has 0 aliphatic heterocycles. The number of nitrogen functional groups attached to an aromatic ring is 1. The Morgan fingerprint density at radius 3 is 2.61 bits per heavy atom. The second-order valence-corrected chi connectivity index (χ2v) is 4.38. The molecule has 0 saturated carbocycles. The molecule has 1 aromatic heterocycles. The molecule has 0 radical (unpaired) electrons. The molecule has 0 aliphatic rings. The zero-order valence-electron chi connectivity index (χ0n) is 10.4. The summed E-state index contributed by atoms with van der Waals surface area (Å²) in [7, 11) is 0. The fraction of sp³-hybridized carbons (Fsp3) is 0.214. The number of hydrogen-bond donors (Lipinski definition) is 2. The highest BCUT2D eigenvalue weighted by atomic mass is 16.3. The molecule has 18 heavy (non-hydrogen) atoms. The maximum absolute atomic E-state index is 11.6. The molecule has 1 aromatic carbocycles. The Bertz CT molecular complexity index is 558. The van der Waals surface area contributed by atoms with E-state index < -0.39 is 5.91 Å². The average molecular weight is 244 g/mol. The molecule has 0 fully saturated rings. The largest absolute Gasteiger partial charge is 0.458 e. The van der Waals surface area contributed by atoms with Gasteiger partial charge in [0.1, 0.15) is 0 Å². The van der Waals surface area contributed by atoms with Crippen molar-refractivity contribution in [3.63, 3.8) is 0 Å². The van der Waals surface area contributed by atoms with Gasteiger partial charge in [0.05, 0.1) is 6.26 Å². The maximum Gasteiger partial charge on any atom is 0.301 e. The number of nitrogens with two attached hydrogens (primary N) is 1. The van der Waals surface area contributed by atoms with Crippen LogP contribution in [0.2, 0.25) is 0 Å².